The van der Waals surface area contributed by atoms with Crippen molar-refractivity contribution in [2.75, 3.05) is 31.6 Å². The van der Waals surface area contributed by atoms with Crippen molar-refractivity contribution in [3.8, 4) is 0 Å². The highest BCUT2D eigenvalue weighted by molar-refractivity contribution is 7.89. The highest BCUT2D eigenvalue weighted by Crippen LogP contribution is 2.24. The van der Waals surface area contributed by atoms with Gasteiger partial charge >= 0.3 is 0 Å². The number of anilines is 1. The third kappa shape index (κ3) is 4.12. The number of nitrogens with zero attached hydrogens (tertiary/aromatic N) is 1. The maximum atomic E-state index is 12.6. The molecule has 0 unspecified atom stereocenters. The molecule has 1 aromatic heterocycles. The Morgan fingerprint density at radius 2 is 1.92 bits per heavy atom. The van der Waals surface area contributed by atoms with Gasteiger partial charge in [-0.15, -0.1) is 0 Å². The van der Waals surface area contributed by atoms with E-state index in [1.165, 1.54) is 10.5 Å². The molecule has 0 amide bonds. The molecule has 25 heavy (non-hydrogen) atoms. The lowest BCUT2D eigenvalue weighted by Crippen LogP contribution is -2.40. The van der Waals surface area contributed by atoms with Crippen LogP contribution in [0.5, 0.6) is 0 Å². The van der Waals surface area contributed by atoms with Crippen molar-refractivity contribution >= 4 is 27.4 Å². The lowest BCUT2D eigenvalue weighted by Gasteiger charge is -2.25. The van der Waals surface area contributed by atoms with Gasteiger partial charge in [-0.2, -0.15) is 4.31 Å². The third-order valence-corrected chi connectivity index (χ3v) is 6.37. The second kappa shape index (κ2) is 7.70. The summed E-state index contributed by atoms with van der Waals surface area (Å²) in [4.78, 5) is 3.25. The molecule has 1 saturated heterocycles. The first-order chi connectivity index (χ1) is 12.0. The number of benzene rings is 1. The highest BCUT2D eigenvalue weighted by atomic mass is 35.5. The molecule has 1 aliphatic rings. The van der Waals surface area contributed by atoms with Crippen LogP contribution in [-0.4, -0.2) is 39.0 Å². The summed E-state index contributed by atoms with van der Waals surface area (Å²) in [6, 6.07) is 10.9. The van der Waals surface area contributed by atoms with Crippen molar-refractivity contribution in [2.45, 2.75) is 17.9 Å². The first-order valence-electron chi connectivity index (χ1n) is 8.09. The normalized spacial score (nSPS) is 17.2. The van der Waals surface area contributed by atoms with Crippen LogP contribution in [0.3, 0.4) is 0 Å². The number of H-pyrrole nitrogens is 1. The molecule has 0 spiro atoms. The van der Waals surface area contributed by atoms with Crippen LogP contribution >= 0.6 is 11.6 Å². The summed E-state index contributed by atoms with van der Waals surface area (Å²) in [5.41, 5.74) is 0.975. The Kier molecular flexibility index (Phi) is 5.58. The summed E-state index contributed by atoms with van der Waals surface area (Å²) in [6.07, 6.45) is 1.51. The lowest BCUT2D eigenvalue weighted by atomic mass is 10.1. The number of morpholine rings is 1. The molecule has 134 valence electrons. The van der Waals surface area contributed by atoms with Gasteiger partial charge in [-0.1, -0.05) is 29.8 Å². The number of aromatic nitrogens is 1. The van der Waals surface area contributed by atoms with Crippen LogP contribution in [0.1, 0.15) is 18.5 Å². The second-order valence-electron chi connectivity index (χ2n) is 5.84. The van der Waals surface area contributed by atoms with E-state index < -0.39 is 10.0 Å². The molecule has 2 heterocycles. The monoisotopic (exact) mass is 382 g/mol. The van der Waals surface area contributed by atoms with Gasteiger partial charge in [0.05, 0.1) is 13.2 Å². The molecule has 1 fully saturated rings. The summed E-state index contributed by atoms with van der Waals surface area (Å²) in [6.45, 7) is 3.61. The topological polar surface area (TPSA) is 72.8 Å². The fourth-order valence-electron chi connectivity index (χ4n) is 2.73. The third-order valence-electron chi connectivity index (χ3n) is 4.14. The average molecular weight is 383 g/mol. The smallest absolute Gasteiger partial charge is 0.272 e. The molecule has 6 nitrogen and oxygen atoms in total. The zero-order valence-corrected chi connectivity index (χ0v) is 15.5. The Morgan fingerprint density at radius 1 is 1.20 bits per heavy atom. The number of hydrogen-bond acceptors (Lipinski definition) is 4. The van der Waals surface area contributed by atoms with Gasteiger partial charge in [-0.3, -0.25) is 5.32 Å². The van der Waals surface area contributed by atoms with Gasteiger partial charge in [0.2, 0.25) is 10.0 Å². The summed E-state index contributed by atoms with van der Waals surface area (Å²) in [5.74, 6) is 0.716. The van der Waals surface area contributed by atoms with E-state index in [-0.39, 0.29) is 10.9 Å². The number of nitrogens with one attached hydrogen (secondary N) is 2. The fourth-order valence-corrected chi connectivity index (χ4v) is 4.41. The molecule has 3 rings (SSSR count). The number of hydrogen-bond donors (Lipinski definition) is 1. The van der Waals surface area contributed by atoms with Gasteiger partial charge in [0.15, 0.2) is 0 Å². The Morgan fingerprint density at radius 3 is 2.56 bits per heavy atom. The number of rotatable bonds is 5. The van der Waals surface area contributed by atoms with E-state index in [0.29, 0.717) is 37.1 Å². The molecule has 2 aromatic rings. The zero-order valence-electron chi connectivity index (χ0n) is 13.9. The van der Waals surface area contributed by atoms with Crippen LogP contribution in [0.4, 0.5) is 5.82 Å². The maximum Gasteiger partial charge on any atom is 0.272 e. The number of pyridine rings is 1. The molecule has 8 heteroatoms. The van der Waals surface area contributed by atoms with Crippen molar-refractivity contribution in [3.63, 3.8) is 0 Å². The molecule has 1 atom stereocenters. The predicted octanol–water partition coefficient (Wildman–Crippen LogP) is 2.35. The SMILES string of the molecule is C[C@@H](Nc1ccc(S(=O)(=O)N2CCOCC2)c[nH+]1)c1ccccc1Cl. The summed E-state index contributed by atoms with van der Waals surface area (Å²) in [7, 11) is -3.49. The Hall–Kier alpha value is -1.67. The minimum Gasteiger partial charge on any atom is -0.379 e. The van der Waals surface area contributed by atoms with Crippen LogP contribution < -0.4 is 10.3 Å². The van der Waals surface area contributed by atoms with E-state index in [9.17, 15) is 8.42 Å². The maximum absolute atomic E-state index is 12.6. The molecular weight excluding hydrogens is 362 g/mol. The van der Waals surface area contributed by atoms with Crippen LogP contribution in [-0.2, 0) is 14.8 Å². The Bertz CT molecular complexity index is 821. The van der Waals surface area contributed by atoms with E-state index in [1.807, 2.05) is 31.2 Å². The number of ether oxygens (including phenoxy) is 1. The van der Waals surface area contributed by atoms with Crippen molar-refractivity contribution < 1.29 is 18.1 Å². The first kappa shape index (κ1) is 18.1. The molecule has 1 aromatic carbocycles. The molecule has 0 bridgehead atoms. The molecule has 1 aliphatic heterocycles. The number of halogens is 1. The van der Waals surface area contributed by atoms with Crippen molar-refractivity contribution in [1.82, 2.24) is 4.31 Å². The van der Waals surface area contributed by atoms with E-state index >= 15 is 0 Å². The van der Waals surface area contributed by atoms with Crippen LogP contribution in [0.15, 0.2) is 47.5 Å². The first-order valence-corrected chi connectivity index (χ1v) is 9.91. The number of sulfonamides is 1. The van der Waals surface area contributed by atoms with Crippen LogP contribution in [0.2, 0.25) is 5.02 Å². The lowest BCUT2D eigenvalue weighted by molar-refractivity contribution is -0.364. The van der Waals surface area contributed by atoms with E-state index in [0.717, 1.165) is 5.56 Å². The Labute approximate surface area is 152 Å². The average Bonchev–Trinajstić information content (AvgIpc) is 2.63. The minimum atomic E-state index is -3.49. The van der Waals surface area contributed by atoms with Gasteiger partial charge in [-0.25, -0.2) is 13.4 Å². The minimum absolute atomic E-state index is 0.0216. The highest BCUT2D eigenvalue weighted by Gasteiger charge is 2.27. The standard InChI is InChI=1S/C17H20ClN3O3S/c1-13(15-4-2-3-5-16(15)18)20-17-7-6-14(12-19-17)25(22,23)21-8-10-24-11-9-21/h2-7,12-13H,8-11H2,1H3,(H,19,20)/p+1/t13-/m1/s1. The largest absolute Gasteiger partial charge is 0.379 e. The summed E-state index contributed by atoms with van der Waals surface area (Å²) in [5, 5.41) is 3.98. The van der Waals surface area contributed by atoms with Crippen molar-refractivity contribution in [3.05, 3.63) is 53.2 Å². The zero-order chi connectivity index (χ0) is 17.9. The van der Waals surface area contributed by atoms with Gasteiger partial charge in [0, 0.05) is 29.7 Å². The molecule has 0 aliphatic carbocycles. The molecule has 0 radical (unpaired) electrons. The van der Waals surface area contributed by atoms with E-state index in [4.69, 9.17) is 16.3 Å². The molecular formula is C17H21ClN3O3S+. The van der Waals surface area contributed by atoms with Crippen molar-refractivity contribution in [1.29, 1.82) is 0 Å². The fraction of sp³-hybridized carbons (Fsp3) is 0.353. The van der Waals surface area contributed by atoms with Crippen LogP contribution in [0, 0.1) is 0 Å². The predicted molar refractivity (Wildman–Crippen MR) is 96.1 cm³/mol. The summed E-state index contributed by atoms with van der Waals surface area (Å²) < 4.78 is 31.9. The van der Waals surface area contributed by atoms with Gasteiger partial charge in [0.1, 0.15) is 17.1 Å². The molecule has 0 saturated carbocycles. The van der Waals surface area contributed by atoms with E-state index in [2.05, 4.69) is 10.3 Å². The van der Waals surface area contributed by atoms with Crippen LogP contribution in [0.25, 0.3) is 0 Å². The number of aromatic amines is 1. The van der Waals surface area contributed by atoms with E-state index in [1.54, 1.807) is 12.1 Å². The second-order valence-corrected chi connectivity index (χ2v) is 8.19. The van der Waals surface area contributed by atoms with Gasteiger partial charge in [0.25, 0.3) is 5.82 Å². The Balaban J connectivity index is 1.73. The van der Waals surface area contributed by atoms with Crippen molar-refractivity contribution in [2.24, 2.45) is 0 Å². The molecule has 2 N–H and O–H groups in total. The van der Waals surface area contributed by atoms with Gasteiger partial charge in [-0.05, 0) is 19.1 Å². The van der Waals surface area contributed by atoms with Gasteiger partial charge < -0.3 is 4.74 Å². The summed E-state index contributed by atoms with van der Waals surface area (Å²) >= 11 is 6.21. The quantitative estimate of drug-likeness (QED) is 0.861.